The van der Waals surface area contributed by atoms with Crippen molar-refractivity contribution in [1.82, 2.24) is 10.2 Å². The zero-order chi connectivity index (χ0) is 35.0. The van der Waals surface area contributed by atoms with Crippen LogP contribution in [0.5, 0.6) is 5.75 Å². The summed E-state index contributed by atoms with van der Waals surface area (Å²) < 4.78 is 34.8. The smallest absolute Gasteiger partial charge is 0.264 e. The molecule has 4 aromatic rings. The second-order valence-electron chi connectivity index (χ2n) is 11.7. The zero-order valence-corrected chi connectivity index (χ0v) is 30.2. The third-order valence-electron chi connectivity index (χ3n) is 7.62. The lowest BCUT2D eigenvalue weighted by Crippen LogP contribution is -2.53. The molecule has 4 rings (SSSR count). The van der Waals surface area contributed by atoms with Gasteiger partial charge in [0.1, 0.15) is 18.3 Å². The number of nitrogens with one attached hydrogen (secondary N) is 1. The topological polar surface area (TPSA) is 96.0 Å². The average Bonchev–Trinajstić information content (AvgIpc) is 3.05. The standard InChI is InChI=1S/C36H38Cl3N3O5S/c1-24(2)21-40-36(44)33(18-26-8-6-5-7-9-26)41(22-27-12-13-28(37)19-31(27)38)35(43)23-42(29-14-17-34(47-4)32(39)20-29)48(45,46)30-15-10-25(3)11-16-30/h5-17,19-20,24,33H,18,21-23H2,1-4H3,(H,40,44)/t33-/m0/s1. The van der Waals surface area contributed by atoms with E-state index in [2.05, 4.69) is 5.32 Å². The minimum absolute atomic E-state index is 0.0179. The number of nitrogens with zero attached hydrogens (tertiary/aromatic N) is 2. The molecule has 0 aliphatic carbocycles. The molecule has 254 valence electrons. The highest BCUT2D eigenvalue weighted by atomic mass is 35.5. The maximum atomic E-state index is 14.6. The highest BCUT2D eigenvalue weighted by molar-refractivity contribution is 7.92. The van der Waals surface area contributed by atoms with Crippen molar-refractivity contribution >= 4 is 62.3 Å². The number of methoxy groups -OCH3 is 1. The second kappa shape index (κ2) is 16.6. The first-order valence-corrected chi connectivity index (χ1v) is 17.9. The van der Waals surface area contributed by atoms with Crippen molar-refractivity contribution in [2.45, 2.75) is 44.7 Å². The second-order valence-corrected chi connectivity index (χ2v) is 14.9. The van der Waals surface area contributed by atoms with Crippen molar-refractivity contribution in [2.24, 2.45) is 5.92 Å². The summed E-state index contributed by atoms with van der Waals surface area (Å²) in [7, 11) is -2.86. The van der Waals surface area contributed by atoms with Gasteiger partial charge in [-0.2, -0.15) is 0 Å². The number of hydrogen-bond acceptors (Lipinski definition) is 5. The van der Waals surface area contributed by atoms with Gasteiger partial charge in [-0.3, -0.25) is 13.9 Å². The molecule has 0 heterocycles. The Hall–Kier alpha value is -3.76. The van der Waals surface area contributed by atoms with Crippen LogP contribution in [-0.2, 0) is 32.6 Å². The van der Waals surface area contributed by atoms with E-state index >= 15 is 0 Å². The normalized spacial score (nSPS) is 12.0. The van der Waals surface area contributed by atoms with Crippen LogP contribution in [0.25, 0.3) is 0 Å². The van der Waals surface area contributed by atoms with Crippen LogP contribution in [0.2, 0.25) is 15.1 Å². The van der Waals surface area contributed by atoms with E-state index in [-0.39, 0.29) is 40.4 Å². The van der Waals surface area contributed by atoms with Crippen LogP contribution in [0, 0.1) is 12.8 Å². The molecule has 1 atom stereocenters. The van der Waals surface area contributed by atoms with Gasteiger partial charge in [-0.1, -0.05) is 103 Å². The van der Waals surface area contributed by atoms with Gasteiger partial charge >= 0.3 is 0 Å². The maximum Gasteiger partial charge on any atom is 0.264 e. The fraction of sp³-hybridized carbons (Fsp3) is 0.278. The van der Waals surface area contributed by atoms with Gasteiger partial charge in [0.15, 0.2) is 0 Å². The fourth-order valence-electron chi connectivity index (χ4n) is 4.99. The molecule has 0 bridgehead atoms. The molecule has 0 saturated heterocycles. The Bertz CT molecular complexity index is 1840. The fourth-order valence-corrected chi connectivity index (χ4v) is 7.11. The SMILES string of the molecule is COc1ccc(N(CC(=O)N(Cc2ccc(Cl)cc2Cl)[C@@H](Cc2ccccc2)C(=O)NCC(C)C)S(=O)(=O)c2ccc(C)cc2)cc1Cl. The number of anilines is 1. The lowest BCUT2D eigenvalue weighted by Gasteiger charge is -2.34. The molecule has 48 heavy (non-hydrogen) atoms. The number of carbonyl (C=O) groups excluding carboxylic acids is 2. The van der Waals surface area contributed by atoms with Gasteiger partial charge in [0.25, 0.3) is 10.0 Å². The van der Waals surface area contributed by atoms with E-state index in [0.29, 0.717) is 27.9 Å². The molecule has 1 N–H and O–H groups in total. The zero-order valence-electron chi connectivity index (χ0n) is 27.1. The lowest BCUT2D eigenvalue weighted by atomic mass is 10.0. The van der Waals surface area contributed by atoms with Crippen LogP contribution in [0.4, 0.5) is 5.69 Å². The Morgan fingerprint density at radius 1 is 0.875 bits per heavy atom. The molecule has 2 amide bonds. The Kier molecular flexibility index (Phi) is 12.8. The van der Waals surface area contributed by atoms with E-state index in [9.17, 15) is 18.0 Å². The number of benzene rings is 4. The lowest BCUT2D eigenvalue weighted by molar-refractivity contribution is -0.140. The Balaban J connectivity index is 1.84. The van der Waals surface area contributed by atoms with Crippen molar-refractivity contribution in [2.75, 3.05) is 24.5 Å². The molecule has 0 aliphatic heterocycles. The van der Waals surface area contributed by atoms with Crippen LogP contribution >= 0.6 is 34.8 Å². The molecule has 8 nitrogen and oxygen atoms in total. The van der Waals surface area contributed by atoms with Gasteiger partial charge in [0.2, 0.25) is 11.8 Å². The van der Waals surface area contributed by atoms with E-state index in [0.717, 1.165) is 15.4 Å². The van der Waals surface area contributed by atoms with Crippen LogP contribution in [0.15, 0.2) is 95.9 Å². The van der Waals surface area contributed by atoms with Gasteiger partial charge in [0, 0.05) is 29.6 Å². The molecule has 0 spiro atoms. The first-order chi connectivity index (χ1) is 22.8. The monoisotopic (exact) mass is 729 g/mol. The first-order valence-electron chi connectivity index (χ1n) is 15.3. The summed E-state index contributed by atoms with van der Waals surface area (Å²) in [4.78, 5) is 29.9. The van der Waals surface area contributed by atoms with E-state index in [1.54, 1.807) is 30.3 Å². The van der Waals surface area contributed by atoms with Gasteiger partial charge in [0.05, 0.1) is 22.7 Å². The Labute approximate surface area is 297 Å². The average molecular weight is 731 g/mol. The number of amides is 2. The highest BCUT2D eigenvalue weighted by Gasteiger charge is 2.35. The third kappa shape index (κ3) is 9.44. The molecule has 12 heteroatoms. The molecule has 0 unspecified atom stereocenters. The van der Waals surface area contributed by atoms with Crippen LogP contribution in [0.1, 0.15) is 30.5 Å². The van der Waals surface area contributed by atoms with Crippen LogP contribution in [0.3, 0.4) is 0 Å². The number of halogens is 3. The van der Waals surface area contributed by atoms with E-state index in [1.807, 2.05) is 51.1 Å². The van der Waals surface area contributed by atoms with Crippen molar-refractivity contribution < 1.29 is 22.7 Å². The number of aryl methyl sites for hydroxylation is 1. The summed E-state index contributed by atoms with van der Waals surface area (Å²) in [6.45, 7) is 5.42. The van der Waals surface area contributed by atoms with E-state index in [1.165, 1.54) is 42.3 Å². The van der Waals surface area contributed by atoms with Gasteiger partial charge < -0.3 is 15.0 Å². The number of rotatable bonds is 14. The Morgan fingerprint density at radius 2 is 1.56 bits per heavy atom. The summed E-state index contributed by atoms with van der Waals surface area (Å²) in [5.41, 5.74) is 2.35. The first kappa shape index (κ1) is 37.1. The molecular formula is C36H38Cl3N3O5S. The van der Waals surface area contributed by atoms with Gasteiger partial charge in [-0.25, -0.2) is 8.42 Å². The van der Waals surface area contributed by atoms with E-state index < -0.39 is 28.5 Å². The van der Waals surface area contributed by atoms with Crippen molar-refractivity contribution in [1.29, 1.82) is 0 Å². The molecule has 0 saturated carbocycles. The van der Waals surface area contributed by atoms with Gasteiger partial charge in [-0.05, 0) is 66.4 Å². The summed E-state index contributed by atoms with van der Waals surface area (Å²) in [6, 6.07) is 24.0. The minimum atomic E-state index is -4.31. The summed E-state index contributed by atoms with van der Waals surface area (Å²) in [5, 5.41) is 3.83. The summed E-state index contributed by atoms with van der Waals surface area (Å²) in [6.07, 6.45) is 0.167. The highest BCUT2D eigenvalue weighted by Crippen LogP contribution is 2.33. The number of ether oxygens (including phenoxy) is 1. The summed E-state index contributed by atoms with van der Waals surface area (Å²) in [5.74, 6) is -0.532. The largest absolute Gasteiger partial charge is 0.495 e. The Morgan fingerprint density at radius 3 is 2.17 bits per heavy atom. The molecule has 4 aromatic carbocycles. The quantitative estimate of drug-likeness (QED) is 0.144. The van der Waals surface area contributed by atoms with Crippen molar-refractivity contribution in [3.8, 4) is 5.75 Å². The maximum absolute atomic E-state index is 14.6. The van der Waals surface area contributed by atoms with Crippen LogP contribution in [-0.4, -0.2) is 51.4 Å². The van der Waals surface area contributed by atoms with Crippen molar-refractivity contribution in [3.63, 3.8) is 0 Å². The third-order valence-corrected chi connectivity index (χ3v) is 10.3. The predicted molar refractivity (Wildman–Crippen MR) is 193 cm³/mol. The van der Waals surface area contributed by atoms with Crippen molar-refractivity contribution in [3.05, 3.63) is 123 Å². The predicted octanol–water partition coefficient (Wildman–Crippen LogP) is 7.57. The van der Waals surface area contributed by atoms with E-state index in [4.69, 9.17) is 39.5 Å². The molecular weight excluding hydrogens is 693 g/mol. The number of hydrogen-bond donors (Lipinski definition) is 1. The molecule has 0 fully saturated rings. The minimum Gasteiger partial charge on any atom is -0.495 e. The number of sulfonamides is 1. The molecule has 0 aromatic heterocycles. The molecule has 0 radical (unpaired) electrons. The van der Waals surface area contributed by atoms with Crippen LogP contribution < -0.4 is 14.4 Å². The molecule has 0 aliphatic rings. The summed E-state index contributed by atoms with van der Waals surface area (Å²) >= 11 is 19.2. The van der Waals surface area contributed by atoms with Gasteiger partial charge in [-0.15, -0.1) is 0 Å². The number of carbonyl (C=O) groups is 2.